The van der Waals surface area contributed by atoms with Crippen LogP contribution in [0.2, 0.25) is 10.0 Å². The van der Waals surface area contributed by atoms with Crippen LogP contribution in [0.25, 0.3) is 0 Å². The maximum absolute atomic E-state index is 10.9. The Bertz CT molecular complexity index is 461. The summed E-state index contributed by atoms with van der Waals surface area (Å²) in [6.45, 7) is 3.48. The Morgan fingerprint density at radius 1 is 1.44 bits per heavy atom. The molecule has 4 nitrogen and oxygen atoms in total. The summed E-state index contributed by atoms with van der Waals surface area (Å²) in [6, 6.07) is 4.90. The van der Waals surface area contributed by atoms with Gasteiger partial charge in [0.15, 0.2) is 0 Å². The topological polar surface area (TPSA) is 58.9 Å². The number of oxime groups is 1. The molecule has 1 aromatic rings. The first kappa shape index (κ1) is 14.8. The van der Waals surface area contributed by atoms with E-state index < -0.39 is 12.1 Å². The number of benzene rings is 1. The Balaban J connectivity index is 2.72. The lowest BCUT2D eigenvalue weighted by atomic mass is 10.1. The number of nitrogens with zero attached hydrogens (tertiary/aromatic N) is 1. The lowest BCUT2D eigenvalue weighted by Gasteiger charge is -2.13. The second kappa shape index (κ2) is 6.61. The number of carboxylic acids is 1. The highest BCUT2D eigenvalue weighted by Crippen LogP contribution is 2.19. The van der Waals surface area contributed by atoms with Crippen molar-refractivity contribution in [2.45, 2.75) is 20.0 Å². The monoisotopic (exact) mass is 289 g/mol. The number of rotatable bonds is 5. The number of carbonyl (C=O) groups is 1. The summed E-state index contributed by atoms with van der Waals surface area (Å²) in [7, 11) is 0. The molecular weight excluding hydrogens is 277 g/mol. The first-order chi connectivity index (χ1) is 8.41. The zero-order valence-electron chi connectivity index (χ0n) is 9.93. The summed E-state index contributed by atoms with van der Waals surface area (Å²) in [4.78, 5) is 15.8. The maximum Gasteiger partial charge on any atom is 0.348 e. The highest BCUT2D eigenvalue weighted by molar-refractivity contribution is 6.36. The van der Waals surface area contributed by atoms with Gasteiger partial charge in [-0.3, -0.25) is 0 Å². The summed E-state index contributed by atoms with van der Waals surface area (Å²) < 4.78 is 0. The molecule has 0 amide bonds. The van der Waals surface area contributed by atoms with Gasteiger partial charge in [0.1, 0.15) is 0 Å². The average Bonchev–Trinajstić information content (AvgIpc) is 2.25. The van der Waals surface area contributed by atoms with E-state index in [1.54, 1.807) is 32.0 Å². The minimum atomic E-state index is -1.05. The van der Waals surface area contributed by atoms with Gasteiger partial charge in [0.05, 0.1) is 11.2 Å². The zero-order chi connectivity index (χ0) is 13.7. The molecule has 0 aromatic heterocycles. The second-order valence-electron chi connectivity index (χ2n) is 4.01. The number of carboxylic acid groups (broad SMARTS) is 1. The van der Waals surface area contributed by atoms with E-state index in [1.165, 1.54) is 6.21 Å². The number of hydrogen-bond acceptors (Lipinski definition) is 3. The highest BCUT2D eigenvalue weighted by atomic mass is 35.5. The highest BCUT2D eigenvalue weighted by Gasteiger charge is 2.23. The molecule has 0 aliphatic heterocycles. The number of aliphatic carboxylic acids is 1. The van der Waals surface area contributed by atoms with E-state index in [4.69, 9.17) is 33.1 Å². The van der Waals surface area contributed by atoms with Gasteiger partial charge in [0.25, 0.3) is 0 Å². The van der Waals surface area contributed by atoms with Gasteiger partial charge in [-0.1, -0.05) is 48.3 Å². The SMILES string of the molecule is CC(C)C(O/N=C/c1ccc(Cl)cc1Cl)C(=O)O. The quantitative estimate of drug-likeness (QED) is 0.667. The largest absolute Gasteiger partial charge is 0.478 e. The molecule has 1 unspecified atom stereocenters. The molecule has 18 heavy (non-hydrogen) atoms. The van der Waals surface area contributed by atoms with Crippen LogP contribution in [0.15, 0.2) is 23.4 Å². The van der Waals surface area contributed by atoms with Crippen molar-refractivity contribution < 1.29 is 14.7 Å². The van der Waals surface area contributed by atoms with Crippen molar-refractivity contribution in [1.29, 1.82) is 0 Å². The third-order valence-electron chi connectivity index (χ3n) is 2.18. The van der Waals surface area contributed by atoms with Crippen LogP contribution >= 0.6 is 23.2 Å². The van der Waals surface area contributed by atoms with Crippen molar-refractivity contribution in [3.63, 3.8) is 0 Å². The van der Waals surface area contributed by atoms with Gasteiger partial charge in [-0.25, -0.2) is 4.79 Å². The summed E-state index contributed by atoms with van der Waals surface area (Å²) in [5.41, 5.74) is 0.606. The lowest BCUT2D eigenvalue weighted by Crippen LogP contribution is -2.27. The van der Waals surface area contributed by atoms with Gasteiger partial charge in [-0.2, -0.15) is 0 Å². The van der Waals surface area contributed by atoms with E-state index in [0.717, 1.165) is 0 Å². The van der Waals surface area contributed by atoms with Gasteiger partial charge in [0, 0.05) is 16.5 Å². The Labute approximate surface area is 115 Å². The van der Waals surface area contributed by atoms with E-state index in [9.17, 15) is 4.79 Å². The van der Waals surface area contributed by atoms with Crippen LogP contribution in [0.1, 0.15) is 19.4 Å². The molecule has 6 heteroatoms. The number of hydrogen-bond donors (Lipinski definition) is 1. The molecule has 1 rings (SSSR count). The van der Waals surface area contributed by atoms with E-state index in [-0.39, 0.29) is 5.92 Å². The molecule has 0 aliphatic carbocycles. The molecule has 0 fully saturated rings. The van der Waals surface area contributed by atoms with E-state index in [1.807, 2.05) is 0 Å². The Hall–Kier alpha value is -1.26. The van der Waals surface area contributed by atoms with Crippen molar-refractivity contribution in [3.8, 4) is 0 Å². The van der Waals surface area contributed by atoms with E-state index in [2.05, 4.69) is 5.16 Å². The molecule has 0 bridgehead atoms. The van der Waals surface area contributed by atoms with E-state index in [0.29, 0.717) is 15.6 Å². The summed E-state index contributed by atoms with van der Waals surface area (Å²) in [5, 5.41) is 13.5. The van der Waals surface area contributed by atoms with Crippen molar-refractivity contribution in [3.05, 3.63) is 33.8 Å². The fraction of sp³-hybridized carbons (Fsp3) is 0.333. The predicted octanol–water partition coefficient (Wildman–Crippen LogP) is 3.45. The molecule has 1 atom stereocenters. The standard InChI is InChI=1S/C12H13Cl2NO3/c1-7(2)11(12(16)17)18-15-6-8-3-4-9(13)5-10(8)14/h3-7,11H,1-2H3,(H,16,17)/b15-6+. The van der Waals surface area contributed by atoms with Gasteiger partial charge in [-0.15, -0.1) is 0 Å². The smallest absolute Gasteiger partial charge is 0.348 e. The molecule has 0 saturated heterocycles. The van der Waals surface area contributed by atoms with Crippen molar-refractivity contribution >= 4 is 35.4 Å². The first-order valence-electron chi connectivity index (χ1n) is 5.29. The van der Waals surface area contributed by atoms with Crippen LogP contribution in [-0.2, 0) is 9.63 Å². The predicted molar refractivity (Wildman–Crippen MR) is 71.4 cm³/mol. The Morgan fingerprint density at radius 3 is 2.61 bits per heavy atom. The fourth-order valence-electron chi connectivity index (χ4n) is 1.21. The van der Waals surface area contributed by atoms with Crippen LogP contribution in [-0.4, -0.2) is 23.4 Å². The third-order valence-corrected chi connectivity index (χ3v) is 2.74. The van der Waals surface area contributed by atoms with Crippen molar-refractivity contribution in [1.82, 2.24) is 0 Å². The van der Waals surface area contributed by atoms with Crippen LogP contribution in [0.5, 0.6) is 0 Å². The second-order valence-corrected chi connectivity index (χ2v) is 4.85. The molecule has 0 heterocycles. The maximum atomic E-state index is 10.9. The zero-order valence-corrected chi connectivity index (χ0v) is 11.4. The molecule has 0 spiro atoms. The van der Waals surface area contributed by atoms with Gasteiger partial charge < -0.3 is 9.94 Å². The van der Waals surface area contributed by atoms with Crippen LogP contribution < -0.4 is 0 Å². The van der Waals surface area contributed by atoms with Crippen molar-refractivity contribution in [2.24, 2.45) is 11.1 Å². The summed E-state index contributed by atoms with van der Waals surface area (Å²) in [6.07, 6.45) is 0.379. The van der Waals surface area contributed by atoms with E-state index >= 15 is 0 Å². The normalized spacial score (nSPS) is 12.9. The fourth-order valence-corrected chi connectivity index (χ4v) is 1.67. The van der Waals surface area contributed by atoms with Crippen LogP contribution in [0.4, 0.5) is 0 Å². The minimum Gasteiger partial charge on any atom is -0.478 e. The van der Waals surface area contributed by atoms with Gasteiger partial charge in [0.2, 0.25) is 6.10 Å². The van der Waals surface area contributed by atoms with Crippen molar-refractivity contribution in [2.75, 3.05) is 0 Å². The molecule has 0 aliphatic rings. The Morgan fingerprint density at radius 2 is 2.11 bits per heavy atom. The summed E-state index contributed by atoms with van der Waals surface area (Å²) in [5.74, 6) is -1.23. The van der Waals surface area contributed by atoms with Crippen LogP contribution in [0.3, 0.4) is 0 Å². The average molecular weight is 290 g/mol. The molecular formula is C12H13Cl2NO3. The van der Waals surface area contributed by atoms with Gasteiger partial charge in [-0.05, 0) is 12.1 Å². The lowest BCUT2D eigenvalue weighted by molar-refractivity contribution is -0.153. The Kier molecular flexibility index (Phi) is 5.44. The third kappa shape index (κ3) is 4.20. The molecule has 0 radical (unpaired) electrons. The van der Waals surface area contributed by atoms with Crippen LogP contribution in [0, 0.1) is 5.92 Å². The first-order valence-corrected chi connectivity index (χ1v) is 6.04. The summed E-state index contributed by atoms with van der Waals surface area (Å²) >= 11 is 11.7. The molecule has 1 aromatic carbocycles. The molecule has 0 saturated carbocycles. The number of halogens is 2. The molecule has 1 N–H and O–H groups in total. The van der Waals surface area contributed by atoms with Gasteiger partial charge >= 0.3 is 5.97 Å². The minimum absolute atomic E-state index is 0.180. The molecule has 98 valence electrons.